The number of hydrogen-bond acceptors (Lipinski definition) is 4. The number of nitrogens with two attached hydrogens (primary N) is 1. The number of carbonyl (C=O) groups is 2. The van der Waals surface area contributed by atoms with E-state index in [9.17, 15) is 9.59 Å². The Labute approximate surface area is 179 Å². The molecule has 0 radical (unpaired) electrons. The molecule has 1 fully saturated rings. The molecule has 3 rings (SSSR count). The lowest BCUT2D eigenvalue weighted by molar-refractivity contribution is -0.109. The summed E-state index contributed by atoms with van der Waals surface area (Å²) >= 11 is 0. The van der Waals surface area contributed by atoms with Crippen LogP contribution in [-0.2, 0) is 17.8 Å². The highest BCUT2D eigenvalue weighted by atomic mass is 16.2. The van der Waals surface area contributed by atoms with E-state index in [2.05, 4.69) is 62.5 Å². The third kappa shape index (κ3) is 5.19. The van der Waals surface area contributed by atoms with E-state index in [-0.39, 0.29) is 17.4 Å². The number of aldehydes is 1. The lowest BCUT2D eigenvalue weighted by Gasteiger charge is -2.39. The highest BCUT2D eigenvalue weighted by Gasteiger charge is 2.31. The van der Waals surface area contributed by atoms with E-state index in [1.807, 2.05) is 0 Å². The normalized spacial score (nSPS) is 16.1. The fraction of sp³-hybridized carbons (Fsp3) is 0.609. The molecule has 7 heteroatoms. The van der Waals surface area contributed by atoms with Crippen LogP contribution >= 0.6 is 0 Å². The predicted octanol–water partition coefficient (Wildman–Crippen LogP) is 2.87. The number of urea groups is 1. The van der Waals surface area contributed by atoms with E-state index in [1.165, 1.54) is 0 Å². The molecule has 2 N–H and O–H groups in total. The molecule has 0 saturated carbocycles. The zero-order valence-electron chi connectivity index (χ0n) is 18.9. The summed E-state index contributed by atoms with van der Waals surface area (Å²) < 4.78 is 2.32. The van der Waals surface area contributed by atoms with Crippen LogP contribution in [0.5, 0.6) is 0 Å². The second-order valence-electron chi connectivity index (χ2n) is 10.1. The van der Waals surface area contributed by atoms with Gasteiger partial charge in [-0.1, -0.05) is 26.8 Å². The number of imidazole rings is 1. The number of primary amides is 1. The van der Waals surface area contributed by atoms with Crippen LogP contribution < -0.4 is 5.73 Å². The number of rotatable bonds is 8. The van der Waals surface area contributed by atoms with Gasteiger partial charge in [0.1, 0.15) is 12.1 Å². The minimum atomic E-state index is -0.384. The van der Waals surface area contributed by atoms with Crippen molar-refractivity contribution in [1.29, 1.82) is 0 Å². The van der Waals surface area contributed by atoms with Crippen molar-refractivity contribution in [3.05, 3.63) is 29.6 Å². The molecule has 0 spiro atoms. The first-order valence-electron chi connectivity index (χ1n) is 10.7. The van der Waals surface area contributed by atoms with E-state index in [0.29, 0.717) is 19.0 Å². The number of amides is 2. The van der Waals surface area contributed by atoms with Gasteiger partial charge in [0.25, 0.3) is 0 Å². The molecule has 0 bridgehead atoms. The Morgan fingerprint density at radius 1 is 1.33 bits per heavy atom. The van der Waals surface area contributed by atoms with Gasteiger partial charge in [0.15, 0.2) is 0 Å². The van der Waals surface area contributed by atoms with Crippen LogP contribution in [-0.4, -0.2) is 65.4 Å². The van der Waals surface area contributed by atoms with E-state index >= 15 is 0 Å². The SMILES string of the molecule is CN(C)CCn1c(CC(C)(C)C)nc2cc([C@H](C=O)CC3CN(C(N)=O)C3)ccc21. The summed E-state index contributed by atoms with van der Waals surface area (Å²) in [6.45, 7) is 9.78. The number of hydrogen-bond donors (Lipinski definition) is 1. The van der Waals surface area contributed by atoms with Gasteiger partial charge in [-0.2, -0.15) is 0 Å². The van der Waals surface area contributed by atoms with Gasteiger partial charge in [0.05, 0.1) is 11.0 Å². The number of likely N-dealkylation sites (tertiary alicyclic amines) is 1. The van der Waals surface area contributed by atoms with Crippen molar-refractivity contribution in [3.8, 4) is 0 Å². The van der Waals surface area contributed by atoms with Crippen molar-refractivity contribution in [1.82, 2.24) is 19.4 Å². The van der Waals surface area contributed by atoms with Gasteiger partial charge in [-0.05, 0) is 49.5 Å². The zero-order chi connectivity index (χ0) is 22.1. The van der Waals surface area contributed by atoms with E-state index in [0.717, 1.165) is 54.6 Å². The van der Waals surface area contributed by atoms with Gasteiger partial charge in [-0.15, -0.1) is 0 Å². The average molecular weight is 414 g/mol. The van der Waals surface area contributed by atoms with Crippen molar-refractivity contribution in [2.75, 3.05) is 33.7 Å². The zero-order valence-corrected chi connectivity index (χ0v) is 18.9. The lowest BCUT2D eigenvalue weighted by Crippen LogP contribution is -2.52. The van der Waals surface area contributed by atoms with Crippen molar-refractivity contribution in [2.45, 2.75) is 46.1 Å². The number of nitrogens with zero attached hydrogens (tertiary/aromatic N) is 4. The fourth-order valence-electron chi connectivity index (χ4n) is 4.11. The van der Waals surface area contributed by atoms with Gasteiger partial charge in [-0.25, -0.2) is 9.78 Å². The Balaban J connectivity index is 1.85. The first-order valence-corrected chi connectivity index (χ1v) is 10.7. The van der Waals surface area contributed by atoms with Gasteiger partial charge < -0.3 is 24.9 Å². The van der Waals surface area contributed by atoms with Crippen molar-refractivity contribution in [2.24, 2.45) is 17.1 Å². The number of carbonyl (C=O) groups excluding carboxylic acids is 2. The Morgan fingerprint density at radius 2 is 2.03 bits per heavy atom. The van der Waals surface area contributed by atoms with Crippen LogP contribution in [0, 0.1) is 11.3 Å². The number of aromatic nitrogens is 2. The molecule has 1 atom stereocenters. The third-order valence-electron chi connectivity index (χ3n) is 5.76. The van der Waals surface area contributed by atoms with Crippen LogP contribution in [0.2, 0.25) is 0 Å². The molecule has 2 amide bonds. The standard InChI is InChI=1S/C23H35N5O2/c1-23(2,3)12-21-25-19-11-17(6-7-20(19)28(21)9-8-26(4)5)18(15-29)10-16-13-27(14-16)22(24)30/h6-7,11,15-16,18H,8-10,12-14H2,1-5H3,(H2,24,30)/t18-/m0/s1. The van der Waals surface area contributed by atoms with Crippen LogP contribution in [0.3, 0.4) is 0 Å². The van der Waals surface area contributed by atoms with E-state index in [1.54, 1.807) is 4.90 Å². The maximum absolute atomic E-state index is 11.8. The van der Waals surface area contributed by atoms with Crippen LogP contribution in [0.1, 0.15) is 44.5 Å². The summed E-state index contributed by atoms with van der Waals surface area (Å²) in [4.78, 5) is 31.8. The maximum atomic E-state index is 11.8. The second-order valence-corrected chi connectivity index (χ2v) is 10.1. The molecule has 1 aliphatic heterocycles. The third-order valence-corrected chi connectivity index (χ3v) is 5.76. The van der Waals surface area contributed by atoms with Crippen LogP contribution in [0.25, 0.3) is 11.0 Å². The summed E-state index contributed by atoms with van der Waals surface area (Å²) in [5.74, 6) is 1.22. The molecule has 1 aliphatic rings. The first-order chi connectivity index (χ1) is 14.1. The van der Waals surface area contributed by atoms with Crippen LogP contribution in [0.15, 0.2) is 18.2 Å². The molecular weight excluding hydrogens is 378 g/mol. The first kappa shape index (κ1) is 22.3. The van der Waals surface area contributed by atoms with Crippen molar-refractivity contribution in [3.63, 3.8) is 0 Å². The monoisotopic (exact) mass is 413 g/mol. The molecule has 1 saturated heterocycles. The van der Waals surface area contributed by atoms with E-state index in [4.69, 9.17) is 10.7 Å². The highest BCUT2D eigenvalue weighted by Crippen LogP contribution is 2.31. The van der Waals surface area contributed by atoms with Gasteiger partial charge in [0.2, 0.25) is 0 Å². The summed E-state index contributed by atoms with van der Waals surface area (Å²) in [7, 11) is 4.16. The molecule has 164 valence electrons. The predicted molar refractivity (Wildman–Crippen MR) is 120 cm³/mol. The topological polar surface area (TPSA) is 84.5 Å². The van der Waals surface area contributed by atoms with Gasteiger partial charge in [-0.3, -0.25) is 0 Å². The van der Waals surface area contributed by atoms with Gasteiger partial charge >= 0.3 is 6.03 Å². The molecule has 2 aromatic rings. The molecule has 7 nitrogen and oxygen atoms in total. The maximum Gasteiger partial charge on any atom is 0.314 e. The van der Waals surface area contributed by atoms with Crippen molar-refractivity contribution >= 4 is 23.4 Å². The quantitative estimate of drug-likeness (QED) is 0.675. The Kier molecular flexibility index (Phi) is 6.50. The molecule has 0 aliphatic carbocycles. The molecule has 1 aromatic heterocycles. The Bertz CT molecular complexity index is 906. The highest BCUT2D eigenvalue weighted by molar-refractivity contribution is 5.79. The average Bonchev–Trinajstić information content (AvgIpc) is 2.92. The summed E-state index contributed by atoms with van der Waals surface area (Å²) in [5, 5.41) is 0. The Hall–Kier alpha value is -2.41. The smallest absolute Gasteiger partial charge is 0.314 e. The number of fused-ring (bicyclic) bond motifs is 1. The molecule has 1 aromatic carbocycles. The number of likely N-dealkylation sites (N-methyl/N-ethyl adjacent to an activating group) is 1. The van der Waals surface area contributed by atoms with Gasteiger partial charge in [0, 0.05) is 38.5 Å². The fourth-order valence-corrected chi connectivity index (χ4v) is 4.11. The lowest BCUT2D eigenvalue weighted by atomic mass is 9.85. The summed E-state index contributed by atoms with van der Waals surface area (Å²) in [5.41, 5.74) is 8.51. The minimum Gasteiger partial charge on any atom is -0.351 e. The van der Waals surface area contributed by atoms with Crippen LogP contribution in [0.4, 0.5) is 4.79 Å². The second kappa shape index (κ2) is 8.76. The largest absolute Gasteiger partial charge is 0.351 e. The van der Waals surface area contributed by atoms with E-state index < -0.39 is 0 Å². The van der Waals surface area contributed by atoms with Crippen molar-refractivity contribution < 1.29 is 9.59 Å². The minimum absolute atomic E-state index is 0.141. The Morgan fingerprint density at radius 3 is 2.60 bits per heavy atom. The number of benzene rings is 1. The molecule has 0 unspecified atom stereocenters. The summed E-state index contributed by atoms with van der Waals surface area (Å²) in [6, 6.07) is 5.84. The molecular formula is C23H35N5O2. The summed E-state index contributed by atoms with van der Waals surface area (Å²) in [6.07, 6.45) is 2.65. The molecule has 2 heterocycles. The molecule has 30 heavy (non-hydrogen) atoms.